The summed E-state index contributed by atoms with van der Waals surface area (Å²) in [7, 11) is 0. The molecule has 0 aromatic heterocycles. The molecule has 1 aliphatic carbocycles. The normalized spacial score (nSPS) is 33.7. The molecule has 0 radical (unpaired) electrons. The van der Waals surface area contributed by atoms with Crippen molar-refractivity contribution in [2.45, 2.75) is 18.6 Å². The number of hydrogen-bond donors (Lipinski definition) is 2. The summed E-state index contributed by atoms with van der Waals surface area (Å²) in [5.74, 6) is 0. The van der Waals surface area contributed by atoms with Gasteiger partial charge in [-0.15, -0.1) is 0 Å². The lowest BCUT2D eigenvalue weighted by Gasteiger charge is -2.18. The Morgan fingerprint density at radius 3 is 2.91 bits per heavy atom. The summed E-state index contributed by atoms with van der Waals surface area (Å²) in [5, 5.41) is 26.5. The second-order valence-electron chi connectivity index (χ2n) is 2.45. The maximum Gasteiger partial charge on any atom is 0.0915 e. The van der Waals surface area contributed by atoms with Crippen LogP contribution in [0.5, 0.6) is 0 Å². The van der Waals surface area contributed by atoms with Gasteiger partial charge in [-0.25, -0.2) is 0 Å². The molecular formula is C8H9NO2. The van der Waals surface area contributed by atoms with Gasteiger partial charge in [0.15, 0.2) is 0 Å². The highest BCUT2D eigenvalue weighted by Gasteiger charge is 2.16. The van der Waals surface area contributed by atoms with Crippen LogP contribution >= 0.6 is 0 Å². The number of nitriles is 1. The standard InChI is InChI=1S/C8H9NO2/c9-4-3-6-1-2-7(10)5-8(6)11/h1-3,7-8,10-11H,5H2/t7-,8-/m0/s1. The van der Waals surface area contributed by atoms with E-state index in [0.29, 0.717) is 5.57 Å². The summed E-state index contributed by atoms with van der Waals surface area (Å²) >= 11 is 0. The summed E-state index contributed by atoms with van der Waals surface area (Å²) in [5.41, 5.74) is 0.567. The molecule has 2 atom stereocenters. The first kappa shape index (κ1) is 7.99. The lowest BCUT2D eigenvalue weighted by molar-refractivity contribution is 0.122. The van der Waals surface area contributed by atoms with E-state index in [0.717, 1.165) is 0 Å². The maximum absolute atomic E-state index is 9.24. The zero-order valence-electron chi connectivity index (χ0n) is 5.94. The Balaban J connectivity index is 2.78. The van der Waals surface area contributed by atoms with Crippen LogP contribution in [0.15, 0.2) is 23.8 Å². The van der Waals surface area contributed by atoms with Crippen LogP contribution in [-0.2, 0) is 0 Å². The third kappa shape index (κ3) is 1.90. The van der Waals surface area contributed by atoms with Crippen LogP contribution in [0.3, 0.4) is 0 Å². The first-order chi connectivity index (χ1) is 5.24. The molecule has 0 fully saturated rings. The molecule has 0 aromatic rings. The van der Waals surface area contributed by atoms with E-state index in [4.69, 9.17) is 10.4 Å². The third-order valence-corrected chi connectivity index (χ3v) is 1.59. The van der Waals surface area contributed by atoms with E-state index in [2.05, 4.69) is 0 Å². The Morgan fingerprint density at radius 2 is 2.36 bits per heavy atom. The highest BCUT2D eigenvalue weighted by Crippen LogP contribution is 2.16. The zero-order valence-corrected chi connectivity index (χ0v) is 5.94. The van der Waals surface area contributed by atoms with Gasteiger partial charge < -0.3 is 10.2 Å². The molecule has 1 aliphatic rings. The van der Waals surface area contributed by atoms with Crippen LogP contribution in [0.2, 0.25) is 0 Å². The fourth-order valence-electron chi connectivity index (χ4n) is 0.995. The van der Waals surface area contributed by atoms with Gasteiger partial charge in [-0.2, -0.15) is 5.26 Å². The number of aliphatic hydroxyl groups excluding tert-OH is 2. The molecule has 0 unspecified atom stereocenters. The summed E-state index contributed by atoms with van der Waals surface area (Å²) in [6.07, 6.45) is 3.42. The van der Waals surface area contributed by atoms with Crippen molar-refractivity contribution in [3.8, 4) is 6.07 Å². The molecule has 0 bridgehead atoms. The van der Waals surface area contributed by atoms with Gasteiger partial charge in [0, 0.05) is 12.5 Å². The van der Waals surface area contributed by atoms with Crippen molar-refractivity contribution in [2.24, 2.45) is 0 Å². The predicted octanol–water partition coefficient (Wildman–Crippen LogP) is 0.118. The van der Waals surface area contributed by atoms with Crippen molar-refractivity contribution in [3.63, 3.8) is 0 Å². The number of rotatable bonds is 0. The van der Waals surface area contributed by atoms with Crippen molar-refractivity contribution in [3.05, 3.63) is 23.8 Å². The lowest BCUT2D eigenvalue weighted by atomic mass is 9.97. The molecule has 3 nitrogen and oxygen atoms in total. The van der Waals surface area contributed by atoms with Gasteiger partial charge in [0.2, 0.25) is 0 Å². The Kier molecular flexibility index (Phi) is 2.42. The molecular weight excluding hydrogens is 142 g/mol. The van der Waals surface area contributed by atoms with Crippen LogP contribution in [0.25, 0.3) is 0 Å². The fraction of sp³-hybridized carbons (Fsp3) is 0.375. The minimum Gasteiger partial charge on any atom is -0.389 e. The van der Waals surface area contributed by atoms with Crippen LogP contribution in [0.4, 0.5) is 0 Å². The van der Waals surface area contributed by atoms with Gasteiger partial charge in [-0.3, -0.25) is 0 Å². The molecule has 0 saturated carbocycles. The first-order valence-electron chi connectivity index (χ1n) is 3.38. The molecule has 0 aliphatic heterocycles. The molecule has 0 spiro atoms. The Labute approximate surface area is 64.9 Å². The van der Waals surface area contributed by atoms with E-state index in [1.54, 1.807) is 12.2 Å². The Hall–Kier alpha value is -1.11. The second kappa shape index (κ2) is 3.33. The number of allylic oxidation sites excluding steroid dienone is 1. The maximum atomic E-state index is 9.24. The van der Waals surface area contributed by atoms with Gasteiger partial charge in [0.05, 0.1) is 18.3 Å². The van der Waals surface area contributed by atoms with Gasteiger partial charge >= 0.3 is 0 Å². The van der Waals surface area contributed by atoms with E-state index in [-0.39, 0.29) is 6.42 Å². The van der Waals surface area contributed by atoms with Crippen molar-refractivity contribution in [1.29, 1.82) is 5.26 Å². The molecule has 58 valence electrons. The van der Waals surface area contributed by atoms with E-state index < -0.39 is 12.2 Å². The minimum atomic E-state index is -0.699. The molecule has 2 N–H and O–H groups in total. The average molecular weight is 151 g/mol. The van der Waals surface area contributed by atoms with Crippen molar-refractivity contribution in [2.75, 3.05) is 0 Å². The van der Waals surface area contributed by atoms with E-state index in [1.807, 2.05) is 6.07 Å². The average Bonchev–Trinajstić information content (AvgIpc) is 1.95. The van der Waals surface area contributed by atoms with Crippen LogP contribution in [0.1, 0.15) is 6.42 Å². The largest absolute Gasteiger partial charge is 0.389 e. The number of hydrogen-bond acceptors (Lipinski definition) is 3. The van der Waals surface area contributed by atoms with Crippen molar-refractivity contribution in [1.82, 2.24) is 0 Å². The van der Waals surface area contributed by atoms with Gasteiger partial charge in [-0.1, -0.05) is 12.2 Å². The lowest BCUT2D eigenvalue weighted by Crippen LogP contribution is -2.21. The topological polar surface area (TPSA) is 64.2 Å². The van der Waals surface area contributed by atoms with Gasteiger partial charge in [0.1, 0.15) is 0 Å². The quantitative estimate of drug-likeness (QED) is 0.483. The molecule has 0 amide bonds. The highest BCUT2D eigenvalue weighted by atomic mass is 16.3. The van der Waals surface area contributed by atoms with Gasteiger partial charge in [-0.05, 0) is 5.57 Å². The summed E-state index contributed by atoms with van der Waals surface area (Å²) in [6, 6.07) is 1.83. The molecule has 3 heteroatoms. The smallest absolute Gasteiger partial charge is 0.0915 e. The Bertz CT molecular complexity index is 237. The number of nitrogens with zero attached hydrogens (tertiary/aromatic N) is 1. The second-order valence-corrected chi connectivity index (χ2v) is 2.45. The van der Waals surface area contributed by atoms with Crippen molar-refractivity contribution >= 4 is 0 Å². The van der Waals surface area contributed by atoms with Crippen molar-refractivity contribution < 1.29 is 10.2 Å². The van der Waals surface area contributed by atoms with Crippen LogP contribution in [-0.4, -0.2) is 22.4 Å². The number of aliphatic hydroxyl groups is 2. The fourth-order valence-corrected chi connectivity index (χ4v) is 0.995. The minimum absolute atomic E-state index is 0.282. The van der Waals surface area contributed by atoms with Crippen LogP contribution < -0.4 is 0 Å². The molecule has 0 saturated heterocycles. The Morgan fingerprint density at radius 1 is 1.64 bits per heavy atom. The van der Waals surface area contributed by atoms with E-state index in [9.17, 15) is 5.11 Å². The summed E-state index contributed by atoms with van der Waals surface area (Å²) in [6.45, 7) is 0. The van der Waals surface area contributed by atoms with E-state index >= 15 is 0 Å². The highest BCUT2D eigenvalue weighted by molar-refractivity contribution is 5.31. The predicted molar refractivity (Wildman–Crippen MR) is 39.5 cm³/mol. The zero-order chi connectivity index (χ0) is 8.27. The molecule has 11 heavy (non-hydrogen) atoms. The molecule has 0 aromatic carbocycles. The first-order valence-corrected chi connectivity index (χ1v) is 3.38. The summed E-state index contributed by atoms with van der Waals surface area (Å²) < 4.78 is 0. The van der Waals surface area contributed by atoms with Crippen LogP contribution in [0, 0.1) is 11.3 Å². The molecule has 1 rings (SSSR count). The van der Waals surface area contributed by atoms with Gasteiger partial charge in [0.25, 0.3) is 0 Å². The summed E-state index contributed by atoms with van der Waals surface area (Å²) in [4.78, 5) is 0. The molecule has 0 heterocycles. The SMILES string of the molecule is N#CC=C1C=C[C@H](O)C[C@@H]1O. The van der Waals surface area contributed by atoms with E-state index in [1.165, 1.54) is 6.08 Å². The monoisotopic (exact) mass is 151 g/mol. The third-order valence-electron chi connectivity index (χ3n) is 1.59.